The molecule has 2 atom stereocenters. The zero-order valence-electron chi connectivity index (χ0n) is 14.3. The van der Waals surface area contributed by atoms with Gasteiger partial charge in [0.1, 0.15) is 0 Å². The molecule has 0 radical (unpaired) electrons. The minimum Gasteiger partial charge on any atom is -0.326 e. The summed E-state index contributed by atoms with van der Waals surface area (Å²) in [4.78, 5) is 14.6. The van der Waals surface area contributed by atoms with E-state index in [0.717, 1.165) is 25.3 Å². The van der Waals surface area contributed by atoms with Crippen LogP contribution in [0.3, 0.4) is 0 Å². The summed E-state index contributed by atoms with van der Waals surface area (Å²) in [5, 5.41) is 3.55. The van der Waals surface area contributed by atoms with Crippen molar-refractivity contribution < 1.29 is 4.79 Å². The summed E-state index contributed by atoms with van der Waals surface area (Å²) >= 11 is 0. The first-order chi connectivity index (χ1) is 9.32. The van der Waals surface area contributed by atoms with E-state index in [2.05, 4.69) is 51.8 Å². The molecule has 0 aromatic carbocycles. The van der Waals surface area contributed by atoms with E-state index in [9.17, 15) is 4.79 Å². The Morgan fingerprint density at radius 1 is 1.05 bits per heavy atom. The van der Waals surface area contributed by atoms with Crippen LogP contribution in [-0.4, -0.2) is 29.6 Å². The highest BCUT2D eigenvalue weighted by Gasteiger charge is 2.39. The van der Waals surface area contributed by atoms with Gasteiger partial charge in [0.05, 0.1) is 12.2 Å². The number of carbonyl (C=O) groups excluding carboxylic acids is 1. The Balaban J connectivity index is 2.54. The topological polar surface area (TPSA) is 32.3 Å². The molecular weight excluding hydrogens is 248 g/mol. The standard InChI is InChI=1S/C17H34N2O/c1-12(2)9-7-8-10-19-16(14(5)6)18-15(17(19)20)11-13(3)4/h12-16,18H,7-11H2,1-6H3. The van der Waals surface area contributed by atoms with Gasteiger partial charge in [-0.05, 0) is 30.6 Å². The second-order valence-electron chi connectivity index (χ2n) is 7.46. The van der Waals surface area contributed by atoms with Crippen molar-refractivity contribution in [3.8, 4) is 0 Å². The third-order valence-corrected chi connectivity index (χ3v) is 4.06. The van der Waals surface area contributed by atoms with E-state index in [4.69, 9.17) is 0 Å². The molecule has 0 aromatic rings. The number of amides is 1. The minimum atomic E-state index is 0.0347. The molecule has 1 heterocycles. The van der Waals surface area contributed by atoms with Crippen LogP contribution in [-0.2, 0) is 4.79 Å². The van der Waals surface area contributed by atoms with Gasteiger partial charge in [-0.1, -0.05) is 54.4 Å². The van der Waals surface area contributed by atoms with Gasteiger partial charge in [0.15, 0.2) is 0 Å². The first kappa shape index (κ1) is 17.5. The molecule has 1 amide bonds. The van der Waals surface area contributed by atoms with Gasteiger partial charge >= 0.3 is 0 Å². The highest BCUT2D eigenvalue weighted by Crippen LogP contribution is 2.22. The second-order valence-corrected chi connectivity index (χ2v) is 7.46. The van der Waals surface area contributed by atoms with Crippen molar-refractivity contribution >= 4 is 5.91 Å². The molecule has 1 fully saturated rings. The summed E-state index contributed by atoms with van der Waals surface area (Å²) in [6.45, 7) is 14.2. The highest BCUT2D eigenvalue weighted by molar-refractivity contribution is 5.84. The Hall–Kier alpha value is -0.570. The first-order valence-corrected chi connectivity index (χ1v) is 8.39. The molecule has 3 nitrogen and oxygen atoms in total. The lowest BCUT2D eigenvalue weighted by molar-refractivity contribution is -0.130. The third kappa shape index (κ3) is 5.08. The number of rotatable bonds is 8. The fraction of sp³-hybridized carbons (Fsp3) is 0.941. The summed E-state index contributed by atoms with van der Waals surface area (Å²) in [5.74, 6) is 2.12. The number of hydrogen-bond acceptors (Lipinski definition) is 2. The predicted molar refractivity (Wildman–Crippen MR) is 85.4 cm³/mol. The molecule has 1 aliphatic heterocycles. The minimum absolute atomic E-state index is 0.0347. The number of nitrogens with zero attached hydrogens (tertiary/aromatic N) is 1. The largest absolute Gasteiger partial charge is 0.326 e. The summed E-state index contributed by atoms with van der Waals surface area (Å²) in [7, 11) is 0. The highest BCUT2D eigenvalue weighted by atomic mass is 16.2. The van der Waals surface area contributed by atoms with E-state index < -0.39 is 0 Å². The van der Waals surface area contributed by atoms with Crippen LogP contribution >= 0.6 is 0 Å². The van der Waals surface area contributed by atoms with Crippen LogP contribution in [0.2, 0.25) is 0 Å². The fourth-order valence-electron chi connectivity index (χ4n) is 2.98. The van der Waals surface area contributed by atoms with Gasteiger partial charge in [0, 0.05) is 6.54 Å². The van der Waals surface area contributed by atoms with Crippen molar-refractivity contribution in [3.05, 3.63) is 0 Å². The molecule has 0 spiro atoms. The average Bonchev–Trinajstić information content (AvgIpc) is 2.62. The van der Waals surface area contributed by atoms with E-state index in [-0.39, 0.29) is 12.2 Å². The zero-order chi connectivity index (χ0) is 15.3. The Bertz CT molecular complexity index is 299. The van der Waals surface area contributed by atoms with Crippen molar-refractivity contribution in [2.75, 3.05) is 6.54 Å². The molecule has 118 valence electrons. The SMILES string of the molecule is CC(C)CCCCN1C(=O)C(CC(C)C)NC1C(C)C. The second kappa shape index (κ2) is 8.02. The summed E-state index contributed by atoms with van der Waals surface area (Å²) in [6, 6.07) is 0.0347. The van der Waals surface area contributed by atoms with E-state index in [1.54, 1.807) is 0 Å². The number of hydrogen-bond donors (Lipinski definition) is 1. The van der Waals surface area contributed by atoms with Crippen molar-refractivity contribution in [2.24, 2.45) is 17.8 Å². The van der Waals surface area contributed by atoms with Crippen LogP contribution < -0.4 is 5.32 Å². The van der Waals surface area contributed by atoms with Crippen molar-refractivity contribution in [1.82, 2.24) is 10.2 Å². The number of unbranched alkanes of at least 4 members (excludes halogenated alkanes) is 1. The molecule has 3 heteroatoms. The van der Waals surface area contributed by atoms with Crippen molar-refractivity contribution in [1.29, 1.82) is 0 Å². The van der Waals surface area contributed by atoms with E-state index in [1.165, 1.54) is 12.8 Å². The molecule has 1 saturated heterocycles. The lowest BCUT2D eigenvalue weighted by Gasteiger charge is -2.27. The van der Waals surface area contributed by atoms with Gasteiger partial charge in [-0.15, -0.1) is 0 Å². The van der Waals surface area contributed by atoms with Gasteiger partial charge in [-0.2, -0.15) is 0 Å². The van der Waals surface area contributed by atoms with Gasteiger partial charge in [0.25, 0.3) is 0 Å². The maximum atomic E-state index is 12.5. The summed E-state index contributed by atoms with van der Waals surface area (Å²) in [6.07, 6.45) is 4.79. The molecule has 0 bridgehead atoms. The monoisotopic (exact) mass is 282 g/mol. The maximum absolute atomic E-state index is 12.5. The Morgan fingerprint density at radius 3 is 2.20 bits per heavy atom. The van der Waals surface area contributed by atoms with Gasteiger partial charge in [0.2, 0.25) is 5.91 Å². The lowest BCUT2D eigenvalue weighted by Crippen LogP contribution is -2.42. The van der Waals surface area contributed by atoms with Crippen LogP contribution in [0.5, 0.6) is 0 Å². The van der Waals surface area contributed by atoms with E-state index in [0.29, 0.717) is 17.7 Å². The average molecular weight is 282 g/mol. The van der Waals surface area contributed by atoms with Crippen molar-refractivity contribution in [2.45, 2.75) is 79.4 Å². The molecule has 20 heavy (non-hydrogen) atoms. The van der Waals surface area contributed by atoms with Crippen LogP contribution in [0.1, 0.15) is 67.2 Å². The quantitative estimate of drug-likeness (QED) is 0.689. The van der Waals surface area contributed by atoms with E-state index >= 15 is 0 Å². The Morgan fingerprint density at radius 2 is 1.70 bits per heavy atom. The molecular formula is C17H34N2O. The van der Waals surface area contributed by atoms with Gasteiger partial charge in [-0.3, -0.25) is 10.1 Å². The molecule has 0 saturated carbocycles. The van der Waals surface area contributed by atoms with Gasteiger partial charge < -0.3 is 4.90 Å². The summed E-state index contributed by atoms with van der Waals surface area (Å²) < 4.78 is 0. The van der Waals surface area contributed by atoms with Crippen LogP contribution in [0.4, 0.5) is 0 Å². The summed E-state index contributed by atoms with van der Waals surface area (Å²) in [5.41, 5.74) is 0. The van der Waals surface area contributed by atoms with Gasteiger partial charge in [-0.25, -0.2) is 0 Å². The van der Waals surface area contributed by atoms with Crippen LogP contribution in [0.25, 0.3) is 0 Å². The normalized spacial score (nSPS) is 23.6. The first-order valence-electron chi connectivity index (χ1n) is 8.39. The molecule has 0 aliphatic carbocycles. The van der Waals surface area contributed by atoms with Crippen LogP contribution in [0.15, 0.2) is 0 Å². The van der Waals surface area contributed by atoms with Crippen LogP contribution in [0, 0.1) is 17.8 Å². The molecule has 1 rings (SSSR count). The Labute approximate surface area is 125 Å². The van der Waals surface area contributed by atoms with E-state index in [1.807, 2.05) is 0 Å². The predicted octanol–water partition coefficient (Wildman–Crippen LogP) is 3.64. The maximum Gasteiger partial charge on any atom is 0.241 e. The third-order valence-electron chi connectivity index (χ3n) is 4.06. The number of carbonyl (C=O) groups is 1. The Kier molecular flexibility index (Phi) is 7.01. The van der Waals surface area contributed by atoms with Crippen molar-refractivity contribution in [3.63, 3.8) is 0 Å². The fourth-order valence-corrected chi connectivity index (χ4v) is 2.98. The molecule has 1 aliphatic rings. The lowest BCUT2D eigenvalue weighted by atomic mass is 10.0. The zero-order valence-corrected chi connectivity index (χ0v) is 14.3. The number of nitrogens with one attached hydrogen (secondary N) is 1. The molecule has 2 unspecified atom stereocenters. The smallest absolute Gasteiger partial charge is 0.241 e. The molecule has 0 aromatic heterocycles. The molecule has 1 N–H and O–H groups in total.